The molecule has 0 radical (unpaired) electrons. The highest BCUT2D eigenvalue weighted by molar-refractivity contribution is 5.84. The molecular formula is C21H34N4O2. The molecule has 0 unspecified atom stereocenters. The topological polar surface area (TPSA) is 67.2 Å². The minimum absolute atomic E-state index is 0.0559. The first kappa shape index (κ1) is 19.9. The van der Waals surface area contributed by atoms with Gasteiger partial charge in [0.25, 0.3) is 0 Å². The second-order valence-corrected chi connectivity index (χ2v) is 8.22. The minimum atomic E-state index is -0.0559. The number of rotatable bonds is 6. The molecule has 150 valence electrons. The summed E-state index contributed by atoms with van der Waals surface area (Å²) >= 11 is 0. The van der Waals surface area contributed by atoms with Gasteiger partial charge in [-0.15, -0.1) is 0 Å². The average molecular weight is 375 g/mol. The number of hydrogen-bond acceptors (Lipinski definition) is 3. The number of nitrogens with zero attached hydrogens (tertiary/aromatic N) is 3. The van der Waals surface area contributed by atoms with E-state index in [4.69, 9.17) is 0 Å². The van der Waals surface area contributed by atoms with Crippen LogP contribution in [0.3, 0.4) is 0 Å². The molecule has 1 atom stereocenters. The van der Waals surface area contributed by atoms with Crippen molar-refractivity contribution in [3.8, 4) is 0 Å². The van der Waals surface area contributed by atoms with Crippen molar-refractivity contribution >= 4 is 11.8 Å². The van der Waals surface area contributed by atoms with Crippen molar-refractivity contribution in [1.82, 2.24) is 20.0 Å². The minimum Gasteiger partial charge on any atom is -0.356 e. The Hall–Kier alpha value is -1.85. The van der Waals surface area contributed by atoms with E-state index in [0.29, 0.717) is 32.0 Å². The summed E-state index contributed by atoms with van der Waals surface area (Å²) < 4.78 is 1.99. The zero-order valence-corrected chi connectivity index (χ0v) is 16.9. The van der Waals surface area contributed by atoms with Gasteiger partial charge in [-0.05, 0) is 45.6 Å². The van der Waals surface area contributed by atoms with Crippen LogP contribution in [0.5, 0.6) is 0 Å². The third kappa shape index (κ3) is 5.33. The average Bonchev–Trinajstić information content (AvgIpc) is 2.84. The van der Waals surface area contributed by atoms with Crippen molar-refractivity contribution in [3.63, 3.8) is 0 Å². The number of nitrogens with one attached hydrogen (secondary N) is 1. The lowest BCUT2D eigenvalue weighted by Gasteiger charge is -2.37. The summed E-state index contributed by atoms with van der Waals surface area (Å²) in [7, 11) is 0. The molecule has 1 aromatic heterocycles. The van der Waals surface area contributed by atoms with Crippen LogP contribution in [0, 0.1) is 19.8 Å². The summed E-state index contributed by atoms with van der Waals surface area (Å²) in [5, 5.41) is 7.54. The van der Waals surface area contributed by atoms with Crippen LogP contribution < -0.4 is 5.32 Å². The highest BCUT2D eigenvalue weighted by Gasteiger charge is 2.34. The fraction of sp³-hybridized carbons (Fsp3) is 0.762. The second kappa shape index (κ2) is 9.38. The molecule has 6 nitrogen and oxygen atoms in total. The monoisotopic (exact) mass is 374 g/mol. The Labute approximate surface area is 162 Å². The van der Waals surface area contributed by atoms with E-state index >= 15 is 0 Å². The number of amides is 2. The number of likely N-dealkylation sites (tertiary alicyclic amines) is 1. The Kier molecular flexibility index (Phi) is 6.91. The maximum atomic E-state index is 12.6. The lowest BCUT2D eigenvalue weighted by molar-refractivity contribution is -0.141. The van der Waals surface area contributed by atoms with E-state index in [1.54, 1.807) is 0 Å². The quantitative estimate of drug-likeness (QED) is 0.615. The molecule has 6 heteroatoms. The van der Waals surface area contributed by atoms with Crippen LogP contribution in [0.25, 0.3) is 0 Å². The van der Waals surface area contributed by atoms with E-state index in [2.05, 4.69) is 23.4 Å². The van der Waals surface area contributed by atoms with Crippen LogP contribution >= 0.6 is 0 Å². The van der Waals surface area contributed by atoms with E-state index in [-0.39, 0.29) is 17.7 Å². The molecule has 2 fully saturated rings. The molecule has 1 aliphatic carbocycles. The first-order valence-corrected chi connectivity index (χ1v) is 10.6. The first-order valence-electron chi connectivity index (χ1n) is 10.6. The highest BCUT2D eigenvalue weighted by atomic mass is 16.2. The fourth-order valence-corrected chi connectivity index (χ4v) is 4.49. The zero-order chi connectivity index (χ0) is 19.2. The van der Waals surface area contributed by atoms with Crippen molar-refractivity contribution in [2.75, 3.05) is 13.1 Å². The van der Waals surface area contributed by atoms with Gasteiger partial charge in [0.05, 0.1) is 11.6 Å². The lowest BCUT2D eigenvalue weighted by atomic mass is 9.93. The van der Waals surface area contributed by atoms with Crippen molar-refractivity contribution < 1.29 is 9.59 Å². The molecule has 3 rings (SSSR count). The molecule has 1 aromatic rings. The van der Waals surface area contributed by atoms with Gasteiger partial charge < -0.3 is 10.2 Å². The van der Waals surface area contributed by atoms with E-state index in [1.165, 1.54) is 25.7 Å². The summed E-state index contributed by atoms with van der Waals surface area (Å²) in [6.07, 6.45) is 9.23. The van der Waals surface area contributed by atoms with Crippen molar-refractivity contribution in [3.05, 3.63) is 17.5 Å². The van der Waals surface area contributed by atoms with E-state index < -0.39 is 0 Å². The molecule has 1 N–H and O–H groups in total. The third-order valence-corrected chi connectivity index (χ3v) is 6.03. The summed E-state index contributed by atoms with van der Waals surface area (Å²) in [4.78, 5) is 27.0. The van der Waals surface area contributed by atoms with Crippen LogP contribution in [-0.2, 0) is 16.1 Å². The zero-order valence-electron chi connectivity index (χ0n) is 16.9. The second-order valence-electron chi connectivity index (χ2n) is 8.22. The number of carbonyl (C=O) groups is 2. The van der Waals surface area contributed by atoms with Gasteiger partial charge in [0.1, 0.15) is 0 Å². The molecule has 27 heavy (non-hydrogen) atoms. The molecule has 2 heterocycles. The van der Waals surface area contributed by atoms with Crippen LogP contribution in [0.4, 0.5) is 0 Å². The third-order valence-electron chi connectivity index (χ3n) is 6.03. The molecule has 1 saturated carbocycles. The van der Waals surface area contributed by atoms with Gasteiger partial charge in [-0.2, -0.15) is 5.10 Å². The Bertz CT molecular complexity index is 647. The lowest BCUT2D eigenvalue weighted by Crippen LogP contribution is -2.50. The van der Waals surface area contributed by atoms with Gasteiger partial charge in [-0.25, -0.2) is 0 Å². The molecule has 0 spiro atoms. The summed E-state index contributed by atoms with van der Waals surface area (Å²) in [5.41, 5.74) is 2.19. The van der Waals surface area contributed by atoms with E-state index in [0.717, 1.165) is 37.2 Å². The van der Waals surface area contributed by atoms with Gasteiger partial charge in [0, 0.05) is 37.8 Å². The van der Waals surface area contributed by atoms with E-state index in [9.17, 15) is 9.59 Å². The maximum Gasteiger partial charge on any atom is 0.224 e. The Balaban J connectivity index is 1.45. The van der Waals surface area contributed by atoms with Crippen LogP contribution in [0.1, 0.15) is 69.2 Å². The number of piperidine rings is 1. The Morgan fingerprint density at radius 2 is 1.93 bits per heavy atom. The molecule has 2 aliphatic rings. The molecule has 0 aromatic carbocycles. The Morgan fingerprint density at radius 1 is 1.19 bits per heavy atom. The SMILES string of the molecule is Cc1cc(C)n(CCCNC(=O)[C@@H]2CCC(=O)N(C3CCCCCC3)C2)n1. The number of aryl methyl sites for hydroxylation is 3. The maximum absolute atomic E-state index is 12.6. The molecule has 1 aliphatic heterocycles. The predicted octanol–water partition coefficient (Wildman–Crippen LogP) is 2.97. The number of carbonyl (C=O) groups excluding carboxylic acids is 2. The predicted molar refractivity (Wildman–Crippen MR) is 105 cm³/mol. The van der Waals surface area contributed by atoms with Gasteiger partial charge >= 0.3 is 0 Å². The molecular weight excluding hydrogens is 340 g/mol. The van der Waals surface area contributed by atoms with Gasteiger partial charge in [0.2, 0.25) is 11.8 Å². The van der Waals surface area contributed by atoms with Crippen LogP contribution in [0.2, 0.25) is 0 Å². The molecule has 2 amide bonds. The fourth-order valence-electron chi connectivity index (χ4n) is 4.49. The smallest absolute Gasteiger partial charge is 0.224 e. The largest absolute Gasteiger partial charge is 0.356 e. The van der Waals surface area contributed by atoms with Gasteiger partial charge in [0.15, 0.2) is 0 Å². The molecule has 0 bridgehead atoms. The van der Waals surface area contributed by atoms with Crippen LogP contribution in [0.15, 0.2) is 6.07 Å². The normalized spacial score (nSPS) is 21.9. The Morgan fingerprint density at radius 3 is 2.59 bits per heavy atom. The van der Waals surface area contributed by atoms with Gasteiger partial charge in [-0.3, -0.25) is 14.3 Å². The van der Waals surface area contributed by atoms with Gasteiger partial charge in [-0.1, -0.05) is 25.7 Å². The van der Waals surface area contributed by atoms with Crippen molar-refractivity contribution in [2.45, 2.75) is 84.2 Å². The number of hydrogen-bond donors (Lipinski definition) is 1. The van der Waals surface area contributed by atoms with Crippen molar-refractivity contribution in [1.29, 1.82) is 0 Å². The first-order chi connectivity index (χ1) is 13.0. The van der Waals surface area contributed by atoms with Crippen molar-refractivity contribution in [2.24, 2.45) is 5.92 Å². The summed E-state index contributed by atoms with van der Waals surface area (Å²) in [6.45, 7) is 6.13. The molecule has 1 saturated heterocycles. The van der Waals surface area contributed by atoms with Crippen LogP contribution in [-0.4, -0.2) is 45.6 Å². The van der Waals surface area contributed by atoms with E-state index in [1.807, 2.05) is 16.5 Å². The standard InChI is InChI=1S/C21H34N4O2/c1-16-14-17(2)25(23-16)13-7-12-22-21(27)18-10-11-20(26)24(15-18)19-8-5-3-4-6-9-19/h14,18-19H,3-13,15H2,1-2H3,(H,22,27)/t18-/m1/s1. The summed E-state index contributed by atoms with van der Waals surface area (Å²) in [5.74, 6) is 0.296. The number of aromatic nitrogens is 2. The highest BCUT2D eigenvalue weighted by Crippen LogP contribution is 2.27. The summed E-state index contributed by atoms with van der Waals surface area (Å²) in [6, 6.07) is 2.42.